The number of H-pyrrole nitrogens is 2. The molecule has 2 aromatic carbocycles. The summed E-state index contributed by atoms with van der Waals surface area (Å²) in [5.41, 5.74) is 2.71. The Morgan fingerprint density at radius 1 is 1.14 bits per heavy atom. The van der Waals surface area contributed by atoms with Gasteiger partial charge >= 0.3 is 0 Å². The maximum absolute atomic E-state index is 11.7. The minimum atomic E-state index is -0.0869. The number of nitrogens with one attached hydrogen (secondary N) is 4. The third kappa shape index (κ3) is 4.03. The topological polar surface area (TPSA) is 121 Å². The van der Waals surface area contributed by atoms with E-state index < -0.39 is 0 Å². The largest absolute Gasteiger partial charge is 0.484 e. The molecule has 2 heterocycles. The summed E-state index contributed by atoms with van der Waals surface area (Å²) in [7, 11) is 0. The molecule has 1 fully saturated rings. The number of nitrogens with zero attached hydrogens (tertiary/aromatic N) is 3. The van der Waals surface area contributed by atoms with Gasteiger partial charge in [-0.25, -0.2) is 0 Å². The van der Waals surface area contributed by atoms with Gasteiger partial charge in [-0.1, -0.05) is 0 Å². The smallest absolute Gasteiger partial charge is 0.258 e. The van der Waals surface area contributed by atoms with Crippen LogP contribution >= 0.6 is 0 Å². The Kier molecular flexibility index (Phi) is 4.32. The molecule has 1 amide bonds. The van der Waals surface area contributed by atoms with Crippen molar-refractivity contribution in [3.8, 4) is 17.1 Å². The summed E-state index contributed by atoms with van der Waals surface area (Å²) in [5, 5.41) is 21.2. The van der Waals surface area contributed by atoms with Crippen molar-refractivity contribution in [1.29, 1.82) is 0 Å². The molecule has 0 spiro atoms. The van der Waals surface area contributed by atoms with Crippen LogP contribution in [0.4, 0.5) is 11.6 Å². The molecule has 0 radical (unpaired) electrons. The minimum absolute atomic E-state index is 0.0211. The van der Waals surface area contributed by atoms with Crippen LogP contribution < -0.4 is 15.4 Å². The van der Waals surface area contributed by atoms with Crippen LogP contribution in [0.15, 0.2) is 48.7 Å². The Balaban J connectivity index is 1.21. The molecule has 0 aliphatic heterocycles. The zero-order valence-corrected chi connectivity index (χ0v) is 15.5. The Morgan fingerprint density at radius 2 is 2.00 bits per heavy atom. The van der Waals surface area contributed by atoms with Crippen molar-refractivity contribution >= 4 is 28.4 Å². The summed E-state index contributed by atoms with van der Waals surface area (Å²) in [4.78, 5) is 16.2. The van der Waals surface area contributed by atoms with Gasteiger partial charge in [0.05, 0.1) is 11.7 Å². The quantitative estimate of drug-likeness (QED) is 0.386. The summed E-state index contributed by atoms with van der Waals surface area (Å²) in [6.07, 6.45) is 3.89. The van der Waals surface area contributed by atoms with Crippen LogP contribution in [-0.4, -0.2) is 43.9 Å². The lowest BCUT2D eigenvalue weighted by Gasteiger charge is -2.07. The first kappa shape index (κ1) is 17.2. The number of hydrogen-bond donors (Lipinski definition) is 4. The van der Waals surface area contributed by atoms with E-state index in [0.29, 0.717) is 23.6 Å². The number of rotatable bonds is 7. The molecule has 29 heavy (non-hydrogen) atoms. The van der Waals surface area contributed by atoms with E-state index in [4.69, 9.17) is 4.74 Å². The van der Waals surface area contributed by atoms with Crippen molar-refractivity contribution in [3.63, 3.8) is 0 Å². The third-order valence-electron chi connectivity index (χ3n) is 4.62. The van der Waals surface area contributed by atoms with E-state index in [-0.39, 0.29) is 12.5 Å². The number of amides is 1. The van der Waals surface area contributed by atoms with E-state index in [1.807, 2.05) is 42.5 Å². The number of fused-ring (bicyclic) bond motifs is 1. The average molecular weight is 389 g/mol. The van der Waals surface area contributed by atoms with Crippen LogP contribution in [0.1, 0.15) is 12.8 Å². The van der Waals surface area contributed by atoms with E-state index >= 15 is 0 Å². The molecule has 146 valence electrons. The number of anilines is 2. The van der Waals surface area contributed by atoms with Crippen LogP contribution in [0.25, 0.3) is 22.3 Å². The van der Waals surface area contributed by atoms with Crippen LogP contribution in [0.3, 0.4) is 0 Å². The molecule has 9 heteroatoms. The first-order valence-corrected chi connectivity index (χ1v) is 9.38. The number of carbonyl (C=O) groups is 1. The lowest BCUT2D eigenvalue weighted by atomic mass is 10.2. The Labute approximate surface area is 165 Å². The van der Waals surface area contributed by atoms with Gasteiger partial charge in [-0.2, -0.15) is 10.1 Å². The van der Waals surface area contributed by atoms with Gasteiger partial charge in [0.1, 0.15) is 5.75 Å². The van der Waals surface area contributed by atoms with Crippen LogP contribution in [0.5, 0.6) is 5.75 Å². The molecular formula is C20H19N7O2. The van der Waals surface area contributed by atoms with Crippen molar-refractivity contribution in [3.05, 3.63) is 48.7 Å². The summed E-state index contributed by atoms with van der Waals surface area (Å²) in [5.74, 6) is 1.65. The van der Waals surface area contributed by atoms with Gasteiger partial charge in [0, 0.05) is 22.7 Å². The summed E-state index contributed by atoms with van der Waals surface area (Å²) >= 11 is 0. The molecule has 0 bridgehead atoms. The van der Waals surface area contributed by atoms with Crippen LogP contribution in [0.2, 0.25) is 0 Å². The maximum atomic E-state index is 11.7. The van der Waals surface area contributed by atoms with Gasteiger partial charge in [0.15, 0.2) is 12.4 Å². The highest BCUT2D eigenvalue weighted by Crippen LogP contribution is 2.23. The minimum Gasteiger partial charge on any atom is -0.484 e. The second-order valence-electron chi connectivity index (χ2n) is 6.96. The lowest BCUT2D eigenvalue weighted by molar-refractivity contribution is -0.123. The number of hydrogen-bond acceptors (Lipinski definition) is 6. The fraction of sp³-hybridized carbons (Fsp3) is 0.200. The molecule has 1 saturated carbocycles. The van der Waals surface area contributed by atoms with E-state index in [1.54, 1.807) is 6.20 Å². The number of benzene rings is 2. The molecule has 1 aliphatic carbocycles. The highest BCUT2D eigenvalue weighted by atomic mass is 16.5. The number of carbonyl (C=O) groups excluding carboxylic acids is 1. The maximum Gasteiger partial charge on any atom is 0.258 e. The Bertz CT molecular complexity index is 1150. The predicted octanol–water partition coefficient (Wildman–Crippen LogP) is 2.75. The second-order valence-corrected chi connectivity index (χ2v) is 6.96. The standard InChI is InChI=1S/C20H19N7O2/c28-18(22-14-3-4-14)11-29-16-6-1-12(2-7-16)19-24-20(27-26-19)23-15-5-8-17-13(9-15)10-21-25-17/h1-2,5-10,14H,3-4,11H2,(H,21,25)(H,22,28)(H2,23,24,26,27). The van der Waals surface area contributed by atoms with Gasteiger partial charge in [0.25, 0.3) is 5.91 Å². The van der Waals surface area contributed by atoms with Crippen molar-refractivity contribution in [2.45, 2.75) is 18.9 Å². The van der Waals surface area contributed by atoms with Crippen molar-refractivity contribution in [2.75, 3.05) is 11.9 Å². The highest BCUT2D eigenvalue weighted by Gasteiger charge is 2.23. The summed E-state index contributed by atoms with van der Waals surface area (Å²) < 4.78 is 5.52. The fourth-order valence-electron chi connectivity index (χ4n) is 2.95. The number of ether oxygens (including phenoxy) is 1. The van der Waals surface area contributed by atoms with E-state index in [2.05, 4.69) is 36.0 Å². The van der Waals surface area contributed by atoms with E-state index in [1.165, 1.54) is 0 Å². The molecule has 9 nitrogen and oxygen atoms in total. The third-order valence-corrected chi connectivity index (χ3v) is 4.62. The SMILES string of the molecule is O=C(COc1ccc(-c2nc(Nc3ccc4[nH]ncc4c3)n[nH]2)cc1)NC1CC1. The second kappa shape index (κ2) is 7.27. The van der Waals surface area contributed by atoms with Crippen molar-refractivity contribution in [1.82, 2.24) is 30.7 Å². The Hall–Kier alpha value is -3.88. The predicted molar refractivity (Wildman–Crippen MR) is 108 cm³/mol. The van der Waals surface area contributed by atoms with Gasteiger partial charge in [-0.05, 0) is 55.3 Å². The monoisotopic (exact) mass is 389 g/mol. The van der Waals surface area contributed by atoms with Gasteiger partial charge < -0.3 is 15.4 Å². The number of aromatic amines is 2. The zero-order valence-electron chi connectivity index (χ0n) is 15.5. The molecule has 5 rings (SSSR count). The molecule has 2 aromatic heterocycles. The first-order valence-electron chi connectivity index (χ1n) is 9.38. The van der Waals surface area contributed by atoms with E-state index in [0.717, 1.165) is 35.0 Å². The molecule has 4 aromatic rings. The molecular weight excluding hydrogens is 370 g/mol. The zero-order chi connectivity index (χ0) is 19.6. The van der Waals surface area contributed by atoms with Crippen molar-refractivity contribution < 1.29 is 9.53 Å². The molecule has 4 N–H and O–H groups in total. The summed E-state index contributed by atoms with van der Waals surface area (Å²) in [6, 6.07) is 13.5. The fourth-order valence-corrected chi connectivity index (χ4v) is 2.95. The van der Waals surface area contributed by atoms with Gasteiger partial charge in [0.2, 0.25) is 5.95 Å². The molecule has 1 aliphatic rings. The van der Waals surface area contributed by atoms with Crippen LogP contribution in [-0.2, 0) is 4.79 Å². The molecule has 0 atom stereocenters. The average Bonchev–Trinajstić information content (AvgIpc) is 3.23. The van der Waals surface area contributed by atoms with Gasteiger partial charge in [-0.3, -0.25) is 15.0 Å². The highest BCUT2D eigenvalue weighted by molar-refractivity contribution is 5.82. The van der Waals surface area contributed by atoms with E-state index in [9.17, 15) is 4.79 Å². The Morgan fingerprint density at radius 3 is 2.83 bits per heavy atom. The van der Waals surface area contributed by atoms with Crippen molar-refractivity contribution in [2.24, 2.45) is 0 Å². The number of aromatic nitrogens is 5. The first-order chi connectivity index (χ1) is 14.2. The molecule has 0 saturated heterocycles. The normalized spacial score (nSPS) is 13.4. The van der Waals surface area contributed by atoms with Crippen LogP contribution in [0, 0.1) is 0 Å². The summed E-state index contributed by atoms with van der Waals surface area (Å²) in [6.45, 7) is 0.0211. The molecule has 0 unspecified atom stereocenters. The van der Waals surface area contributed by atoms with Gasteiger partial charge in [-0.15, -0.1) is 5.10 Å². The lowest BCUT2D eigenvalue weighted by Crippen LogP contribution is -2.30.